The Kier molecular flexibility index (Phi) is 5.20. The van der Waals surface area contributed by atoms with Crippen molar-refractivity contribution in [1.29, 1.82) is 0 Å². The molecule has 1 unspecified atom stereocenters. The predicted molar refractivity (Wildman–Crippen MR) is 82.4 cm³/mol. The van der Waals surface area contributed by atoms with Gasteiger partial charge < -0.3 is 5.11 Å². The maximum atomic E-state index is 10.0. The zero-order valence-corrected chi connectivity index (χ0v) is 12.9. The Hall–Kier alpha value is -1.26. The van der Waals surface area contributed by atoms with Crippen LogP contribution in [0.4, 0.5) is 0 Å². The summed E-state index contributed by atoms with van der Waals surface area (Å²) < 4.78 is 0. The Bertz CT molecular complexity index is 448. The molecule has 1 atom stereocenters. The minimum absolute atomic E-state index is 0.163. The lowest BCUT2D eigenvalue weighted by Crippen LogP contribution is -2.15. The third-order valence-electron chi connectivity index (χ3n) is 3.62. The number of hydrogen-bond acceptors (Lipinski definition) is 1. The van der Waals surface area contributed by atoms with Crippen molar-refractivity contribution in [1.82, 2.24) is 0 Å². The second-order valence-corrected chi connectivity index (χ2v) is 6.44. The smallest absolute Gasteiger partial charge is 0.0589 e. The molecule has 0 aliphatic carbocycles. The van der Waals surface area contributed by atoms with Crippen molar-refractivity contribution in [3.05, 3.63) is 34.4 Å². The van der Waals surface area contributed by atoms with E-state index in [1.165, 1.54) is 22.3 Å². The van der Waals surface area contributed by atoms with Crippen molar-refractivity contribution < 1.29 is 5.11 Å². The van der Waals surface area contributed by atoms with Gasteiger partial charge in [-0.15, -0.1) is 12.3 Å². The molecule has 1 aromatic rings. The number of hydrogen-bond donors (Lipinski definition) is 1. The molecule has 1 N–H and O–H groups in total. The Morgan fingerprint density at radius 3 is 2.16 bits per heavy atom. The van der Waals surface area contributed by atoms with E-state index in [1.807, 2.05) is 0 Å². The van der Waals surface area contributed by atoms with Crippen LogP contribution in [0.25, 0.3) is 0 Å². The highest BCUT2D eigenvalue weighted by Gasteiger charge is 2.17. The Morgan fingerprint density at radius 1 is 1.21 bits per heavy atom. The largest absolute Gasteiger partial charge is 0.393 e. The molecule has 19 heavy (non-hydrogen) atoms. The summed E-state index contributed by atoms with van der Waals surface area (Å²) in [5.41, 5.74) is 5.31. The van der Waals surface area contributed by atoms with Crippen LogP contribution in [0.15, 0.2) is 12.1 Å². The van der Waals surface area contributed by atoms with Crippen LogP contribution < -0.4 is 0 Å². The average Bonchev–Trinajstić information content (AvgIpc) is 2.29. The van der Waals surface area contributed by atoms with E-state index in [0.717, 1.165) is 0 Å². The predicted octanol–water partition coefficient (Wildman–Crippen LogP) is 3.92. The van der Waals surface area contributed by atoms with Crippen molar-refractivity contribution in [3.8, 4) is 12.3 Å². The third kappa shape index (κ3) is 4.40. The number of aryl methyl sites for hydroxylation is 2. The molecule has 1 heteroatoms. The molecule has 0 aromatic heterocycles. The monoisotopic (exact) mass is 258 g/mol. The molecule has 0 saturated carbocycles. The van der Waals surface area contributed by atoms with E-state index in [4.69, 9.17) is 6.42 Å². The minimum Gasteiger partial charge on any atom is -0.393 e. The zero-order valence-electron chi connectivity index (χ0n) is 12.9. The first-order valence-corrected chi connectivity index (χ1v) is 6.98. The summed E-state index contributed by atoms with van der Waals surface area (Å²) in [6.07, 6.45) is 6.91. The lowest BCUT2D eigenvalue weighted by atomic mass is 9.83. The third-order valence-corrected chi connectivity index (χ3v) is 3.62. The Morgan fingerprint density at radius 2 is 1.74 bits per heavy atom. The number of rotatable bonds is 4. The summed E-state index contributed by atoms with van der Waals surface area (Å²) >= 11 is 0. The van der Waals surface area contributed by atoms with Crippen molar-refractivity contribution in [2.24, 2.45) is 0 Å². The van der Waals surface area contributed by atoms with E-state index >= 15 is 0 Å². The molecule has 0 aliphatic heterocycles. The van der Waals surface area contributed by atoms with Gasteiger partial charge in [0, 0.05) is 6.42 Å². The summed E-state index contributed by atoms with van der Waals surface area (Å²) in [5, 5.41) is 10.0. The fourth-order valence-corrected chi connectivity index (χ4v) is 2.34. The van der Waals surface area contributed by atoms with Crippen LogP contribution in [0, 0.1) is 26.2 Å². The molecule has 1 rings (SSSR count). The van der Waals surface area contributed by atoms with E-state index in [-0.39, 0.29) is 11.5 Å². The maximum Gasteiger partial charge on any atom is 0.0589 e. The lowest BCUT2D eigenvalue weighted by Gasteiger charge is -2.23. The van der Waals surface area contributed by atoms with Gasteiger partial charge in [-0.3, -0.25) is 0 Å². The van der Waals surface area contributed by atoms with Crippen molar-refractivity contribution in [2.45, 2.75) is 65.4 Å². The molecule has 1 aromatic carbocycles. The van der Waals surface area contributed by atoms with Gasteiger partial charge in [-0.1, -0.05) is 32.9 Å². The highest BCUT2D eigenvalue weighted by atomic mass is 16.3. The van der Waals surface area contributed by atoms with Crippen LogP contribution in [0.3, 0.4) is 0 Å². The zero-order chi connectivity index (χ0) is 14.6. The summed E-state index contributed by atoms with van der Waals surface area (Å²) in [4.78, 5) is 0. The first-order valence-electron chi connectivity index (χ1n) is 6.98. The molecular weight excluding hydrogens is 232 g/mol. The molecule has 0 radical (unpaired) electrons. The highest BCUT2D eigenvalue weighted by molar-refractivity contribution is 5.40. The second kappa shape index (κ2) is 6.26. The molecule has 0 fully saturated rings. The van der Waals surface area contributed by atoms with Gasteiger partial charge in [0.05, 0.1) is 6.10 Å². The number of aliphatic hydroxyl groups is 1. The Balaban J connectivity index is 2.95. The second-order valence-electron chi connectivity index (χ2n) is 6.44. The molecule has 104 valence electrons. The SMILES string of the molecule is C#CCCC(O)Cc1c(C)cc(C(C)(C)C)cc1C. The molecule has 0 bridgehead atoms. The van der Waals surface area contributed by atoms with Gasteiger partial charge in [-0.25, -0.2) is 0 Å². The van der Waals surface area contributed by atoms with E-state index in [0.29, 0.717) is 19.3 Å². The first-order chi connectivity index (χ1) is 8.75. The van der Waals surface area contributed by atoms with Crippen LogP contribution in [0.1, 0.15) is 55.9 Å². The maximum absolute atomic E-state index is 10.0. The van der Waals surface area contributed by atoms with Gasteiger partial charge in [0.15, 0.2) is 0 Å². The average molecular weight is 258 g/mol. The highest BCUT2D eigenvalue weighted by Crippen LogP contribution is 2.27. The van der Waals surface area contributed by atoms with Crippen LogP contribution >= 0.6 is 0 Å². The molecule has 0 spiro atoms. The van der Waals surface area contributed by atoms with Gasteiger partial charge in [0.1, 0.15) is 0 Å². The van der Waals surface area contributed by atoms with E-state index in [9.17, 15) is 5.11 Å². The van der Waals surface area contributed by atoms with Gasteiger partial charge in [-0.05, 0) is 54.4 Å². The normalized spacial score (nSPS) is 13.1. The summed E-state index contributed by atoms with van der Waals surface area (Å²) in [5.74, 6) is 2.58. The molecule has 1 nitrogen and oxygen atoms in total. The van der Waals surface area contributed by atoms with Crippen LogP contribution in [-0.4, -0.2) is 11.2 Å². The number of terminal acetylenes is 1. The first kappa shape index (κ1) is 15.8. The van der Waals surface area contributed by atoms with Crippen LogP contribution in [0.2, 0.25) is 0 Å². The molecule has 0 amide bonds. The number of benzene rings is 1. The van der Waals surface area contributed by atoms with Gasteiger partial charge >= 0.3 is 0 Å². The van der Waals surface area contributed by atoms with E-state index in [2.05, 4.69) is 52.7 Å². The van der Waals surface area contributed by atoms with Crippen molar-refractivity contribution in [3.63, 3.8) is 0 Å². The molecule has 0 saturated heterocycles. The van der Waals surface area contributed by atoms with Crippen LogP contribution in [-0.2, 0) is 11.8 Å². The molecule has 0 aliphatic rings. The van der Waals surface area contributed by atoms with Crippen LogP contribution in [0.5, 0.6) is 0 Å². The lowest BCUT2D eigenvalue weighted by molar-refractivity contribution is 0.166. The summed E-state index contributed by atoms with van der Waals surface area (Å²) in [6.45, 7) is 10.9. The van der Waals surface area contributed by atoms with E-state index in [1.54, 1.807) is 0 Å². The fraction of sp³-hybridized carbons (Fsp3) is 0.556. The van der Waals surface area contributed by atoms with Gasteiger partial charge in [-0.2, -0.15) is 0 Å². The van der Waals surface area contributed by atoms with E-state index < -0.39 is 0 Å². The standard InChI is InChI=1S/C18H26O/c1-7-8-9-16(19)12-17-13(2)10-15(11-14(17)3)18(4,5)6/h1,10-11,16,19H,8-9,12H2,2-6H3. The topological polar surface area (TPSA) is 20.2 Å². The Labute approximate surface area is 118 Å². The van der Waals surface area contributed by atoms with Crippen molar-refractivity contribution in [2.75, 3.05) is 0 Å². The minimum atomic E-state index is -0.339. The van der Waals surface area contributed by atoms with Gasteiger partial charge in [0.2, 0.25) is 0 Å². The summed E-state index contributed by atoms with van der Waals surface area (Å²) in [7, 11) is 0. The van der Waals surface area contributed by atoms with Crippen molar-refractivity contribution >= 4 is 0 Å². The quantitative estimate of drug-likeness (QED) is 0.812. The summed E-state index contributed by atoms with van der Waals surface area (Å²) in [6, 6.07) is 4.49. The number of aliphatic hydroxyl groups excluding tert-OH is 1. The molecule has 0 heterocycles. The fourth-order valence-electron chi connectivity index (χ4n) is 2.34. The molecular formula is C18H26O. The van der Waals surface area contributed by atoms with Gasteiger partial charge in [0.25, 0.3) is 0 Å².